The van der Waals surface area contributed by atoms with Gasteiger partial charge in [-0.25, -0.2) is 9.37 Å². The molecular weight excluding hydrogens is 395 g/mol. The van der Waals surface area contributed by atoms with Crippen LogP contribution in [-0.2, 0) is 11.3 Å². The summed E-state index contributed by atoms with van der Waals surface area (Å²) in [6, 6.07) is 14.2. The molecule has 7 nitrogen and oxygen atoms in total. The first-order chi connectivity index (χ1) is 15.3. The lowest BCUT2D eigenvalue weighted by atomic mass is 10.2. The topological polar surface area (TPSA) is 67.9 Å². The van der Waals surface area contributed by atoms with E-state index in [1.54, 1.807) is 24.7 Å². The highest BCUT2D eigenvalue weighted by Crippen LogP contribution is 2.24. The number of ether oxygens (including phenoxy) is 1. The van der Waals surface area contributed by atoms with Crippen LogP contribution in [0.2, 0.25) is 0 Å². The zero-order valence-corrected chi connectivity index (χ0v) is 16.9. The first-order valence-electron chi connectivity index (χ1n) is 10.1. The molecule has 0 saturated carbocycles. The Labute approximate surface area is 178 Å². The van der Waals surface area contributed by atoms with E-state index < -0.39 is 0 Å². The van der Waals surface area contributed by atoms with Crippen molar-refractivity contribution in [3.8, 4) is 11.3 Å². The van der Waals surface area contributed by atoms with Crippen LogP contribution in [0.5, 0.6) is 0 Å². The van der Waals surface area contributed by atoms with Gasteiger partial charge < -0.3 is 9.64 Å². The number of morpholine rings is 1. The molecule has 0 aliphatic carbocycles. The van der Waals surface area contributed by atoms with Crippen molar-refractivity contribution in [1.82, 2.24) is 19.6 Å². The van der Waals surface area contributed by atoms with Crippen molar-refractivity contribution < 1.29 is 9.13 Å². The highest BCUT2D eigenvalue weighted by molar-refractivity contribution is 5.79. The predicted octanol–water partition coefficient (Wildman–Crippen LogP) is 3.39. The summed E-state index contributed by atoms with van der Waals surface area (Å²) in [7, 11) is 0. The average Bonchev–Trinajstić information content (AvgIpc) is 3.24. The van der Waals surface area contributed by atoms with Gasteiger partial charge in [-0.05, 0) is 29.8 Å². The van der Waals surface area contributed by atoms with Gasteiger partial charge in [-0.2, -0.15) is 9.61 Å². The second-order valence-corrected chi connectivity index (χ2v) is 7.27. The molecule has 3 aromatic heterocycles. The normalized spacial score (nSPS) is 14.5. The molecule has 1 saturated heterocycles. The Bertz CT molecular complexity index is 1220. The van der Waals surface area contributed by atoms with Gasteiger partial charge in [0, 0.05) is 49.4 Å². The van der Waals surface area contributed by atoms with E-state index in [4.69, 9.17) is 14.8 Å². The summed E-state index contributed by atoms with van der Waals surface area (Å²) in [5, 5.41) is 4.80. The molecule has 0 spiro atoms. The number of hydrogen-bond donors (Lipinski definition) is 0. The molecule has 0 atom stereocenters. The van der Waals surface area contributed by atoms with E-state index in [2.05, 4.69) is 14.9 Å². The zero-order chi connectivity index (χ0) is 21.0. The predicted molar refractivity (Wildman–Crippen MR) is 117 cm³/mol. The van der Waals surface area contributed by atoms with E-state index in [0.29, 0.717) is 19.8 Å². The van der Waals surface area contributed by atoms with Crippen molar-refractivity contribution in [2.75, 3.05) is 31.2 Å². The molecule has 31 heavy (non-hydrogen) atoms. The third-order valence-corrected chi connectivity index (χ3v) is 5.11. The maximum absolute atomic E-state index is 13.4. The van der Waals surface area contributed by atoms with Gasteiger partial charge in [-0.1, -0.05) is 12.1 Å². The first kappa shape index (κ1) is 19.3. The van der Waals surface area contributed by atoms with Crippen molar-refractivity contribution in [2.45, 2.75) is 6.54 Å². The Kier molecular flexibility index (Phi) is 5.37. The van der Waals surface area contributed by atoms with Crippen LogP contribution in [0.3, 0.4) is 0 Å². The SMILES string of the molecule is Fc1cccc(C=NCc2cc(N3CCOCC3)n3nc(-c4ccncc4)cc3n2)c1. The minimum absolute atomic E-state index is 0.277. The Morgan fingerprint density at radius 1 is 1.06 bits per heavy atom. The molecule has 0 N–H and O–H groups in total. The van der Waals surface area contributed by atoms with Crippen molar-refractivity contribution >= 4 is 17.7 Å². The largest absolute Gasteiger partial charge is 0.378 e. The quantitative estimate of drug-likeness (QED) is 0.467. The number of hydrogen-bond acceptors (Lipinski definition) is 6. The van der Waals surface area contributed by atoms with E-state index >= 15 is 0 Å². The zero-order valence-electron chi connectivity index (χ0n) is 16.9. The van der Waals surface area contributed by atoms with Gasteiger partial charge >= 0.3 is 0 Å². The van der Waals surface area contributed by atoms with Crippen molar-refractivity contribution in [1.29, 1.82) is 0 Å². The molecule has 0 radical (unpaired) electrons. The first-order valence-corrected chi connectivity index (χ1v) is 10.1. The molecule has 1 aliphatic heterocycles. The van der Waals surface area contributed by atoms with E-state index in [0.717, 1.165) is 47.1 Å². The van der Waals surface area contributed by atoms with Crippen molar-refractivity contribution in [2.24, 2.45) is 4.99 Å². The molecular formula is C23H21FN6O. The summed E-state index contributed by atoms with van der Waals surface area (Å²) in [6.07, 6.45) is 5.17. The van der Waals surface area contributed by atoms with E-state index in [1.165, 1.54) is 12.1 Å². The van der Waals surface area contributed by atoms with Gasteiger partial charge in [0.1, 0.15) is 11.6 Å². The summed E-state index contributed by atoms with van der Waals surface area (Å²) in [6.45, 7) is 3.32. The van der Waals surface area contributed by atoms with Crippen molar-refractivity contribution in [3.63, 3.8) is 0 Å². The van der Waals surface area contributed by atoms with Crippen LogP contribution in [0.25, 0.3) is 16.9 Å². The molecule has 1 fully saturated rings. The average molecular weight is 416 g/mol. The second kappa shape index (κ2) is 8.61. The number of benzene rings is 1. The minimum Gasteiger partial charge on any atom is -0.378 e. The Morgan fingerprint density at radius 2 is 1.90 bits per heavy atom. The Morgan fingerprint density at radius 3 is 2.71 bits per heavy atom. The van der Waals surface area contributed by atoms with Gasteiger partial charge in [0.15, 0.2) is 5.65 Å². The standard InChI is InChI=1S/C23H21FN6O/c24-19-3-1-2-17(12-19)15-26-16-20-13-23(29-8-10-31-11-9-29)30-22(27-20)14-21(28-30)18-4-6-25-7-5-18/h1-7,12-15H,8-11,16H2. The van der Waals surface area contributed by atoms with Gasteiger partial charge in [0.05, 0.1) is 31.1 Å². The molecule has 1 aliphatic rings. The summed E-state index contributed by atoms with van der Waals surface area (Å²) in [5.41, 5.74) is 4.12. The number of rotatable bonds is 5. The summed E-state index contributed by atoms with van der Waals surface area (Å²) in [5.74, 6) is 0.686. The lowest BCUT2D eigenvalue weighted by Crippen LogP contribution is -2.37. The Hall–Kier alpha value is -3.65. The fourth-order valence-electron chi connectivity index (χ4n) is 3.60. The lowest BCUT2D eigenvalue weighted by Gasteiger charge is -2.29. The fourth-order valence-corrected chi connectivity index (χ4v) is 3.60. The molecule has 156 valence electrons. The number of aliphatic imine (C=N–C) groups is 1. The van der Waals surface area contributed by atoms with Crippen molar-refractivity contribution in [3.05, 3.63) is 78.0 Å². The minimum atomic E-state index is -0.277. The van der Waals surface area contributed by atoms with Gasteiger partial charge in [0.25, 0.3) is 0 Å². The van der Waals surface area contributed by atoms with Crippen LogP contribution in [0, 0.1) is 5.82 Å². The van der Waals surface area contributed by atoms with Crippen LogP contribution >= 0.6 is 0 Å². The Balaban J connectivity index is 1.50. The van der Waals surface area contributed by atoms with Gasteiger partial charge in [-0.3, -0.25) is 9.98 Å². The highest BCUT2D eigenvalue weighted by atomic mass is 19.1. The number of halogens is 1. The van der Waals surface area contributed by atoms with Crippen LogP contribution in [0.1, 0.15) is 11.3 Å². The molecule has 4 heterocycles. The maximum Gasteiger partial charge on any atom is 0.158 e. The van der Waals surface area contributed by atoms with E-state index in [1.807, 2.05) is 34.8 Å². The lowest BCUT2D eigenvalue weighted by molar-refractivity contribution is 0.122. The molecule has 0 unspecified atom stereocenters. The fraction of sp³-hybridized carbons (Fsp3) is 0.217. The van der Waals surface area contributed by atoms with Crippen LogP contribution in [-0.4, -0.2) is 52.1 Å². The monoisotopic (exact) mass is 416 g/mol. The number of anilines is 1. The number of aromatic nitrogens is 4. The van der Waals surface area contributed by atoms with Crippen LogP contribution in [0.15, 0.2) is 65.9 Å². The molecule has 0 bridgehead atoms. The maximum atomic E-state index is 13.4. The number of fused-ring (bicyclic) bond motifs is 1. The summed E-state index contributed by atoms with van der Waals surface area (Å²) in [4.78, 5) is 15.6. The molecule has 1 aromatic carbocycles. The smallest absolute Gasteiger partial charge is 0.158 e. The number of pyridine rings is 1. The third kappa shape index (κ3) is 4.29. The van der Waals surface area contributed by atoms with Gasteiger partial charge in [-0.15, -0.1) is 0 Å². The molecule has 4 aromatic rings. The molecule has 8 heteroatoms. The summed E-state index contributed by atoms with van der Waals surface area (Å²) < 4.78 is 20.8. The second-order valence-electron chi connectivity index (χ2n) is 7.27. The highest BCUT2D eigenvalue weighted by Gasteiger charge is 2.18. The van der Waals surface area contributed by atoms with E-state index in [9.17, 15) is 4.39 Å². The van der Waals surface area contributed by atoms with Gasteiger partial charge in [0.2, 0.25) is 0 Å². The third-order valence-electron chi connectivity index (χ3n) is 5.11. The molecule has 0 amide bonds. The van der Waals surface area contributed by atoms with E-state index in [-0.39, 0.29) is 5.82 Å². The molecule has 5 rings (SSSR count). The summed E-state index contributed by atoms with van der Waals surface area (Å²) >= 11 is 0. The van der Waals surface area contributed by atoms with Crippen LogP contribution in [0.4, 0.5) is 10.2 Å². The number of nitrogens with zero attached hydrogens (tertiary/aromatic N) is 6. The van der Waals surface area contributed by atoms with Crippen LogP contribution < -0.4 is 4.90 Å².